The predicted octanol–water partition coefficient (Wildman–Crippen LogP) is 0.330. The number of carbonyl (C=O) groups is 1. The molecule has 0 unspecified atom stereocenters. The van der Waals surface area contributed by atoms with Gasteiger partial charge in [0.2, 0.25) is 0 Å². The van der Waals surface area contributed by atoms with Crippen LogP contribution >= 0.6 is 11.3 Å². The maximum atomic E-state index is 12.2. The Labute approximate surface area is 135 Å². The number of hydrogen-bond donors (Lipinski definition) is 2. The molecule has 0 aliphatic carbocycles. The summed E-state index contributed by atoms with van der Waals surface area (Å²) in [5.74, 6) is -0.513. The number of aromatic nitrogens is 3. The molecule has 9 heteroatoms. The molecule has 1 aliphatic rings. The van der Waals surface area contributed by atoms with Gasteiger partial charge in [-0.2, -0.15) is 0 Å². The number of ether oxygens (including phenoxy) is 2. The van der Waals surface area contributed by atoms with Crippen molar-refractivity contribution in [1.82, 2.24) is 20.3 Å². The molecule has 3 rings (SSSR count). The highest BCUT2D eigenvalue weighted by atomic mass is 32.1. The molecule has 0 saturated carbocycles. The van der Waals surface area contributed by atoms with Gasteiger partial charge in [-0.15, -0.1) is 11.3 Å². The van der Waals surface area contributed by atoms with E-state index in [1.165, 1.54) is 23.7 Å². The summed E-state index contributed by atoms with van der Waals surface area (Å²) in [6, 6.07) is -0.240. The molecule has 2 atom stereocenters. The first-order valence-electron chi connectivity index (χ1n) is 7.15. The highest BCUT2D eigenvalue weighted by molar-refractivity contribution is 7.07. The second-order valence-corrected chi connectivity index (χ2v) is 5.76. The zero-order chi connectivity index (χ0) is 16.1. The van der Waals surface area contributed by atoms with Gasteiger partial charge in [0.1, 0.15) is 6.10 Å². The minimum absolute atomic E-state index is 0.155. The third-order valence-electron chi connectivity index (χ3n) is 3.47. The Hall–Kier alpha value is -2.10. The molecule has 0 spiro atoms. The monoisotopic (exact) mass is 336 g/mol. The van der Waals surface area contributed by atoms with Gasteiger partial charge in [-0.25, -0.2) is 9.97 Å². The van der Waals surface area contributed by atoms with E-state index >= 15 is 0 Å². The summed E-state index contributed by atoms with van der Waals surface area (Å²) in [5, 5.41) is 4.72. The summed E-state index contributed by atoms with van der Waals surface area (Å²) in [4.78, 5) is 34.2. The Bertz CT molecular complexity index is 703. The summed E-state index contributed by atoms with van der Waals surface area (Å²) in [7, 11) is 0. The SMILES string of the molecule is O=C(N[C@H]1CCOC[C@@H]1OCc1cscn1)c1ncc[nH]c1=O. The molecule has 0 radical (unpaired) electrons. The van der Waals surface area contributed by atoms with Crippen molar-refractivity contribution in [3.05, 3.63) is 45.0 Å². The lowest BCUT2D eigenvalue weighted by Crippen LogP contribution is -2.50. The van der Waals surface area contributed by atoms with Crippen molar-refractivity contribution in [2.75, 3.05) is 13.2 Å². The third kappa shape index (κ3) is 4.01. The zero-order valence-electron chi connectivity index (χ0n) is 12.2. The average Bonchev–Trinajstić information content (AvgIpc) is 3.08. The van der Waals surface area contributed by atoms with E-state index in [1.54, 1.807) is 5.51 Å². The van der Waals surface area contributed by atoms with E-state index in [1.807, 2.05) is 5.38 Å². The fourth-order valence-corrected chi connectivity index (χ4v) is 2.84. The highest BCUT2D eigenvalue weighted by Gasteiger charge is 2.29. The number of nitrogens with zero attached hydrogens (tertiary/aromatic N) is 2. The molecule has 8 nitrogen and oxygen atoms in total. The normalized spacial score (nSPS) is 21.0. The van der Waals surface area contributed by atoms with Gasteiger partial charge in [0.15, 0.2) is 5.69 Å². The van der Waals surface area contributed by atoms with Gasteiger partial charge in [-0.1, -0.05) is 0 Å². The van der Waals surface area contributed by atoms with Gasteiger partial charge >= 0.3 is 0 Å². The van der Waals surface area contributed by atoms with Crippen LogP contribution in [0.2, 0.25) is 0 Å². The van der Waals surface area contributed by atoms with Gasteiger partial charge in [-0.3, -0.25) is 9.59 Å². The lowest BCUT2D eigenvalue weighted by Gasteiger charge is -2.31. The summed E-state index contributed by atoms with van der Waals surface area (Å²) in [6.45, 7) is 1.27. The van der Waals surface area contributed by atoms with Crippen molar-refractivity contribution in [3.8, 4) is 0 Å². The van der Waals surface area contributed by atoms with E-state index in [4.69, 9.17) is 9.47 Å². The van der Waals surface area contributed by atoms with Crippen molar-refractivity contribution < 1.29 is 14.3 Å². The molecule has 1 saturated heterocycles. The van der Waals surface area contributed by atoms with Crippen LogP contribution < -0.4 is 10.9 Å². The maximum absolute atomic E-state index is 12.2. The van der Waals surface area contributed by atoms with Crippen LogP contribution in [0.5, 0.6) is 0 Å². The topological polar surface area (TPSA) is 106 Å². The van der Waals surface area contributed by atoms with E-state index < -0.39 is 11.5 Å². The van der Waals surface area contributed by atoms with Crippen molar-refractivity contribution >= 4 is 17.2 Å². The molecule has 0 bridgehead atoms. The van der Waals surface area contributed by atoms with E-state index in [0.29, 0.717) is 26.2 Å². The molecule has 1 aliphatic heterocycles. The summed E-state index contributed by atoms with van der Waals surface area (Å²) in [6.07, 6.45) is 3.07. The third-order valence-corrected chi connectivity index (χ3v) is 4.11. The Morgan fingerprint density at radius 2 is 2.43 bits per heavy atom. The van der Waals surface area contributed by atoms with Crippen molar-refractivity contribution in [1.29, 1.82) is 0 Å². The summed E-state index contributed by atoms with van der Waals surface area (Å²) >= 11 is 1.50. The lowest BCUT2D eigenvalue weighted by molar-refractivity contribution is -0.0742. The Morgan fingerprint density at radius 1 is 1.52 bits per heavy atom. The molecule has 2 N–H and O–H groups in total. The molecule has 0 aromatic carbocycles. The summed E-state index contributed by atoms with van der Waals surface area (Å²) < 4.78 is 11.2. The first-order chi connectivity index (χ1) is 11.2. The fraction of sp³-hybridized carbons (Fsp3) is 0.429. The molecular weight excluding hydrogens is 320 g/mol. The standard InChI is InChI=1S/C14H16N4O4S/c19-13-12(15-2-3-16-13)14(20)18-10-1-4-21-6-11(10)22-5-9-7-23-8-17-9/h2-3,7-8,10-11H,1,4-6H2,(H,16,19)(H,18,20)/t10-,11-/m0/s1. The van der Waals surface area contributed by atoms with Crippen LogP contribution in [-0.4, -0.2) is 46.2 Å². The number of H-pyrrole nitrogens is 1. The molecule has 1 amide bonds. The smallest absolute Gasteiger partial charge is 0.279 e. The van der Waals surface area contributed by atoms with E-state index in [9.17, 15) is 9.59 Å². The van der Waals surface area contributed by atoms with Crippen LogP contribution in [0, 0.1) is 0 Å². The molecule has 3 heterocycles. The van der Waals surface area contributed by atoms with Gasteiger partial charge in [-0.05, 0) is 6.42 Å². The van der Waals surface area contributed by atoms with Gasteiger partial charge < -0.3 is 19.8 Å². The van der Waals surface area contributed by atoms with Gasteiger partial charge in [0.25, 0.3) is 11.5 Å². The first-order valence-corrected chi connectivity index (χ1v) is 8.09. The molecule has 2 aromatic rings. The van der Waals surface area contributed by atoms with E-state index in [-0.39, 0.29) is 17.8 Å². The molecule has 23 heavy (non-hydrogen) atoms. The van der Waals surface area contributed by atoms with Crippen LogP contribution in [0.1, 0.15) is 22.6 Å². The number of carbonyl (C=O) groups excluding carboxylic acids is 1. The van der Waals surface area contributed by atoms with Crippen LogP contribution in [0.15, 0.2) is 28.1 Å². The fourth-order valence-electron chi connectivity index (χ4n) is 2.29. The van der Waals surface area contributed by atoms with Crippen LogP contribution in [0.3, 0.4) is 0 Å². The number of hydrogen-bond acceptors (Lipinski definition) is 7. The molecule has 2 aromatic heterocycles. The second kappa shape index (κ2) is 7.44. The minimum atomic E-state index is -0.517. The predicted molar refractivity (Wildman–Crippen MR) is 82.2 cm³/mol. The van der Waals surface area contributed by atoms with Crippen LogP contribution in [0.25, 0.3) is 0 Å². The molecular formula is C14H16N4O4S. The summed E-state index contributed by atoms with van der Waals surface area (Å²) in [5.41, 5.74) is 1.91. The van der Waals surface area contributed by atoms with E-state index in [0.717, 1.165) is 5.69 Å². The maximum Gasteiger partial charge on any atom is 0.279 e. The number of nitrogens with one attached hydrogen (secondary N) is 2. The largest absolute Gasteiger partial charge is 0.379 e. The first kappa shape index (κ1) is 15.8. The van der Waals surface area contributed by atoms with Crippen LogP contribution in [0.4, 0.5) is 0 Å². The minimum Gasteiger partial charge on any atom is -0.379 e. The number of aromatic amines is 1. The second-order valence-electron chi connectivity index (χ2n) is 5.04. The average molecular weight is 336 g/mol. The molecule has 1 fully saturated rings. The van der Waals surface area contributed by atoms with Crippen molar-refractivity contribution in [2.45, 2.75) is 25.2 Å². The number of rotatable bonds is 5. The van der Waals surface area contributed by atoms with Crippen molar-refractivity contribution in [2.24, 2.45) is 0 Å². The quantitative estimate of drug-likeness (QED) is 0.815. The van der Waals surface area contributed by atoms with Gasteiger partial charge in [0.05, 0.1) is 30.5 Å². The Balaban J connectivity index is 1.63. The number of thiazole rings is 1. The lowest BCUT2D eigenvalue weighted by atomic mass is 10.1. The number of amides is 1. The van der Waals surface area contributed by atoms with E-state index in [2.05, 4.69) is 20.3 Å². The molecule has 122 valence electrons. The van der Waals surface area contributed by atoms with Crippen LogP contribution in [-0.2, 0) is 16.1 Å². The Kier molecular flexibility index (Phi) is 5.11. The zero-order valence-corrected chi connectivity index (χ0v) is 13.0. The highest BCUT2D eigenvalue weighted by Crippen LogP contribution is 2.14. The Morgan fingerprint density at radius 3 is 3.22 bits per heavy atom. The van der Waals surface area contributed by atoms with Gasteiger partial charge in [0, 0.05) is 24.4 Å². The van der Waals surface area contributed by atoms with Crippen molar-refractivity contribution in [3.63, 3.8) is 0 Å².